The molecule has 0 bridgehead atoms. The fourth-order valence-electron chi connectivity index (χ4n) is 1.84. The van der Waals surface area contributed by atoms with Crippen molar-refractivity contribution < 1.29 is 0 Å². The summed E-state index contributed by atoms with van der Waals surface area (Å²) in [5.41, 5.74) is 0. The predicted molar refractivity (Wildman–Crippen MR) is 58.8 cm³/mol. The maximum absolute atomic E-state index is 5.22. The summed E-state index contributed by atoms with van der Waals surface area (Å²) in [4.78, 5) is 0. The Kier molecular flexibility index (Phi) is 2.47. The zero-order valence-corrected chi connectivity index (χ0v) is 9.77. The largest absolute Gasteiger partial charge is 0.304 e. The molecule has 0 spiro atoms. The topological polar surface area (TPSA) is 33.6 Å². The van der Waals surface area contributed by atoms with Crippen LogP contribution in [-0.4, -0.2) is 14.8 Å². The highest BCUT2D eigenvalue weighted by molar-refractivity contribution is 7.71. The number of hydrogen-bond acceptors (Lipinski definition) is 2. The summed E-state index contributed by atoms with van der Waals surface area (Å²) >= 11 is 5.22. The second-order valence-corrected chi connectivity index (χ2v) is 5.01. The van der Waals surface area contributed by atoms with Crippen molar-refractivity contribution in [3.05, 3.63) is 10.6 Å². The van der Waals surface area contributed by atoms with Crippen molar-refractivity contribution in [1.29, 1.82) is 0 Å². The molecule has 1 heterocycles. The van der Waals surface area contributed by atoms with Crippen molar-refractivity contribution in [2.75, 3.05) is 0 Å². The van der Waals surface area contributed by atoms with Gasteiger partial charge in [0.05, 0.1) is 0 Å². The summed E-state index contributed by atoms with van der Waals surface area (Å²) in [7, 11) is 0. The number of aromatic amines is 1. The normalized spacial score (nSPS) is 25.7. The molecule has 1 aliphatic carbocycles. The minimum atomic E-state index is 0.442. The van der Waals surface area contributed by atoms with E-state index in [0.29, 0.717) is 5.92 Å². The van der Waals surface area contributed by atoms with Gasteiger partial charge < -0.3 is 4.57 Å². The van der Waals surface area contributed by atoms with E-state index in [4.69, 9.17) is 12.2 Å². The van der Waals surface area contributed by atoms with E-state index in [0.717, 1.165) is 29.0 Å². The Hall–Kier alpha value is -0.640. The number of aromatic nitrogens is 3. The summed E-state index contributed by atoms with van der Waals surface area (Å²) in [5, 5.41) is 7.15. The molecule has 0 radical (unpaired) electrons. The first-order valence-corrected chi connectivity index (χ1v) is 5.65. The van der Waals surface area contributed by atoms with E-state index in [2.05, 4.69) is 35.5 Å². The smallest absolute Gasteiger partial charge is 0.195 e. The Morgan fingerprint density at radius 1 is 1.64 bits per heavy atom. The number of nitrogens with zero attached hydrogens (tertiary/aromatic N) is 2. The van der Waals surface area contributed by atoms with Gasteiger partial charge in [-0.15, -0.1) is 0 Å². The third-order valence-corrected chi connectivity index (χ3v) is 3.31. The van der Waals surface area contributed by atoms with E-state index in [1.54, 1.807) is 0 Å². The third kappa shape index (κ3) is 1.75. The van der Waals surface area contributed by atoms with Gasteiger partial charge in [0.2, 0.25) is 0 Å². The van der Waals surface area contributed by atoms with Crippen molar-refractivity contribution in [1.82, 2.24) is 14.8 Å². The average Bonchev–Trinajstić information content (AvgIpc) is 2.65. The molecule has 3 nitrogen and oxygen atoms in total. The van der Waals surface area contributed by atoms with Crippen LogP contribution in [0, 0.1) is 16.6 Å². The third-order valence-electron chi connectivity index (χ3n) is 3.00. The molecule has 2 unspecified atom stereocenters. The first-order chi connectivity index (χ1) is 6.59. The van der Waals surface area contributed by atoms with Gasteiger partial charge in [-0.2, -0.15) is 5.10 Å². The Balaban J connectivity index is 2.22. The molecule has 78 valence electrons. The lowest BCUT2D eigenvalue weighted by molar-refractivity contribution is 0.549. The Morgan fingerprint density at radius 2 is 2.29 bits per heavy atom. The fraction of sp³-hybridized carbons (Fsp3) is 0.800. The van der Waals surface area contributed by atoms with Gasteiger partial charge in [0.25, 0.3) is 0 Å². The summed E-state index contributed by atoms with van der Waals surface area (Å²) in [6.45, 7) is 7.64. The monoisotopic (exact) mass is 211 g/mol. The van der Waals surface area contributed by atoms with Gasteiger partial charge in [-0.05, 0) is 30.5 Å². The molecule has 14 heavy (non-hydrogen) atoms. The second-order valence-electron chi connectivity index (χ2n) is 4.63. The molecular weight excluding hydrogens is 194 g/mol. The molecule has 1 saturated carbocycles. The van der Waals surface area contributed by atoms with Crippen LogP contribution in [0.5, 0.6) is 0 Å². The van der Waals surface area contributed by atoms with E-state index in [-0.39, 0.29) is 0 Å². The van der Waals surface area contributed by atoms with Crippen LogP contribution in [0.15, 0.2) is 0 Å². The Bertz CT molecular complexity index is 377. The molecule has 0 saturated heterocycles. The molecule has 2 atom stereocenters. The maximum atomic E-state index is 5.22. The molecule has 1 N–H and O–H groups in total. The van der Waals surface area contributed by atoms with Crippen LogP contribution >= 0.6 is 12.2 Å². The van der Waals surface area contributed by atoms with E-state index in [1.165, 1.54) is 6.42 Å². The Labute approximate surface area is 89.5 Å². The minimum absolute atomic E-state index is 0.442. The second kappa shape index (κ2) is 3.50. The van der Waals surface area contributed by atoms with Crippen LogP contribution in [0.25, 0.3) is 0 Å². The molecular formula is C10H17N3S. The van der Waals surface area contributed by atoms with Crippen molar-refractivity contribution in [2.45, 2.75) is 39.7 Å². The van der Waals surface area contributed by atoms with Crippen LogP contribution in [0.2, 0.25) is 0 Å². The summed E-state index contributed by atoms with van der Waals surface area (Å²) in [5.74, 6) is 3.22. The van der Waals surface area contributed by atoms with Gasteiger partial charge in [-0.1, -0.05) is 20.8 Å². The first-order valence-electron chi connectivity index (χ1n) is 5.24. The predicted octanol–water partition coefficient (Wildman–Crippen LogP) is 2.72. The van der Waals surface area contributed by atoms with Gasteiger partial charge in [0.1, 0.15) is 5.82 Å². The van der Waals surface area contributed by atoms with Crippen LogP contribution in [-0.2, 0) is 6.54 Å². The molecule has 0 aliphatic heterocycles. The lowest BCUT2D eigenvalue weighted by Gasteiger charge is -2.07. The van der Waals surface area contributed by atoms with Gasteiger partial charge in [-0.3, -0.25) is 5.10 Å². The van der Waals surface area contributed by atoms with Crippen molar-refractivity contribution in [3.8, 4) is 0 Å². The fourth-order valence-corrected chi connectivity index (χ4v) is 2.05. The molecule has 0 amide bonds. The molecule has 4 heteroatoms. The molecule has 1 aromatic heterocycles. The van der Waals surface area contributed by atoms with Crippen LogP contribution in [0.1, 0.15) is 38.9 Å². The SMILES string of the molecule is CC(C)c1n[nH]c(=S)n1CC1CC1C. The highest BCUT2D eigenvalue weighted by Crippen LogP contribution is 2.39. The minimum Gasteiger partial charge on any atom is -0.304 e. The van der Waals surface area contributed by atoms with E-state index in [9.17, 15) is 0 Å². The van der Waals surface area contributed by atoms with Gasteiger partial charge in [0.15, 0.2) is 4.77 Å². The highest BCUT2D eigenvalue weighted by atomic mass is 32.1. The van der Waals surface area contributed by atoms with Crippen LogP contribution in [0.4, 0.5) is 0 Å². The molecule has 2 rings (SSSR count). The zero-order valence-electron chi connectivity index (χ0n) is 8.95. The summed E-state index contributed by atoms with van der Waals surface area (Å²) < 4.78 is 2.93. The lowest BCUT2D eigenvalue weighted by atomic mass is 10.2. The average molecular weight is 211 g/mol. The number of rotatable bonds is 3. The van der Waals surface area contributed by atoms with Gasteiger partial charge in [-0.25, -0.2) is 0 Å². The molecule has 1 aromatic rings. The van der Waals surface area contributed by atoms with E-state index >= 15 is 0 Å². The molecule has 1 aliphatic rings. The van der Waals surface area contributed by atoms with E-state index < -0.39 is 0 Å². The number of nitrogens with one attached hydrogen (secondary N) is 1. The number of H-pyrrole nitrogens is 1. The summed E-state index contributed by atoms with van der Waals surface area (Å²) in [6.07, 6.45) is 1.34. The highest BCUT2D eigenvalue weighted by Gasteiger charge is 2.33. The first kappa shape index (κ1) is 9.90. The molecule has 0 aromatic carbocycles. The van der Waals surface area contributed by atoms with Crippen molar-refractivity contribution >= 4 is 12.2 Å². The van der Waals surface area contributed by atoms with Crippen LogP contribution in [0.3, 0.4) is 0 Å². The van der Waals surface area contributed by atoms with E-state index in [1.807, 2.05) is 0 Å². The maximum Gasteiger partial charge on any atom is 0.195 e. The molecule has 1 fully saturated rings. The van der Waals surface area contributed by atoms with Crippen molar-refractivity contribution in [2.24, 2.45) is 11.8 Å². The van der Waals surface area contributed by atoms with Crippen molar-refractivity contribution in [3.63, 3.8) is 0 Å². The van der Waals surface area contributed by atoms with Gasteiger partial charge in [0, 0.05) is 12.5 Å². The number of hydrogen-bond donors (Lipinski definition) is 1. The standard InChI is InChI=1S/C10H17N3S/c1-6(2)9-11-12-10(14)13(9)5-8-4-7(8)3/h6-8H,4-5H2,1-3H3,(H,12,14). The lowest BCUT2D eigenvalue weighted by Crippen LogP contribution is -2.07. The summed E-state index contributed by atoms with van der Waals surface area (Å²) in [6, 6.07) is 0. The van der Waals surface area contributed by atoms with Gasteiger partial charge >= 0.3 is 0 Å². The quantitative estimate of drug-likeness (QED) is 0.780. The zero-order chi connectivity index (χ0) is 10.3. The van der Waals surface area contributed by atoms with Crippen LogP contribution < -0.4 is 0 Å². The Morgan fingerprint density at radius 3 is 2.79 bits per heavy atom.